The van der Waals surface area contributed by atoms with Crippen molar-refractivity contribution in [3.8, 4) is 5.75 Å². The number of esters is 1. The number of hydrogen-bond donors (Lipinski definition) is 3. The van der Waals surface area contributed by atoms with Crippen LogP contribution in [-0.2, 0) is 23.4 Å². The number of aromatic nitrogens is 2. The summed E-state index contributed by atoms with van der Waals surface area (Å²) in [6.45, 7) is 5.52. The van der Waals surface area contributed by atoms with E-state index in [0.29, 0.717) is 0 Å². The topological polar surface area (TPSA) is 141 Å². The Labute approximate surface area is 218 Å². The molecule has 0 amide bonds. The highest BCUT2D eigenvalue weighted by atomic mass is 32.1. The first-order valence-corrected chi connectivity index (χ1v) is 13.6. The Balaban J connectivity index is 1.81. The fourth-order valence-electron chi connectivity index (χ4n) is 3.66. The van der Waals surface area contributed by atoms with Gasteiger partial charge in [-0.25, -0.2) is 8.96 Å². The molecule has 1 aliphatic rings. The molecule has 1 saturated heterocycles. The molecule has 11 nitrogen and oxygen atoms in total. The first kappa shape index (κ1) is 29.2. The predicted molar refractivity (Wildman–Crippen MR) is 134 cm³/mol. The lowest BCUT2D eigenvalue weighted by Crippen LogP contribution is -2.51. The van der Waals surface area contributed by atoms with E-state index in [1.54, 1.807) is 44.2 Å². The number of alkyl halides is 1. The quantitative estimate of drug-likeness (QED) is 0.225. The standard InChI is InChI=1S/C23H31FN3O8PS/c1-14(2)33-20(30)15(3)26-36(31,35-16-8-6-5-7-9-16)32-13-18-17(28)12-23(4,24)21(34-18)27-11-10-19(29)25-22(27)37/h5-11,14-15,17-18,21,28H,12-13H2,1-4H3,(H,26,31)(H,25,29,37)/t15-,17?,18+,21+,23?,36?/m0/s1. The van der Waals surface area contributed by atoms with Crippen molar-refractivity contribution in [1.82, 2.24) is 14.6 Å². The van der Waals surface area contributed by atoms with E-state index in [0.717, 1.165) is 6.07 Å². The maximum atomic E-state index is 15.4. The molecule has 1 aliphatic heterocycles. The molecule has 1 aromatic carbocycles. The van der Waals surface area contributed by atoms with Gasteiger partial charge in [-0.2, -0.15) is 5.09 Å². The monoisotopic (exact) mass is 559 g/mol. The minimum absolute atomic E-state index is 0.0744. The van der Waals surface area contributed by atoms with E-state index in [-0.39, 0.29) is 16.9 Å². The summed E-state index contributed by atoms with van der Waals surface area (Å²) in [7, 11) is -4.24. The van der Waals surface area contributed by atoms with Gasteiger partial charge in [0, 0.05) is 18.7 Å². The molecule has 1 fully saturated rings. The zero-order valence-electron chi connectivity index (χ0n) is 20.8. The van der Waals surface area contributed by atoms with E-state index >= 15 is 4.39 Å². The van der Waals surface area contributed by atoms with Crippen LogP contribution in [0.3, 0.4) is 0 Å². The maximum absolute atomic E-state index is 15.4. The number of hydrogen-bond acceptors (Lipinski definition) is 9. The molecule has 3 unspecified atom stereocenters. The molecule has 3 rings (SSSR count). The summed E-state index contributed by atoms with van der Waals surface area (Å²) >= 11 is 5.14. The third kappa shape index (κ3) is 7.79. The van der Waals surface area contributed by atoms with E-state index in [1.807, 2.05) is 0 Å². The van der Waals surface area contributed by atoms with Crippen molar-refractivity contribution >= 4 is 25.9 Å². The van der Waals surface area contributed by atoms with Gasteiger partial charge in [0.15, 0.2) is 16.7 Å². The molecule has 1 aromatic heterocycles. The Morgan fingerprint density at radius 2 is 2.03 bits per heavy atom. The Morgan fingerprint density at radius 1 is 1.35 bits per heavy atom. The molecule has 204 valence electrons. The first-order chi connectivity index (χ1) is 17.3. The number of carbonyl (C=O) groups excluding carboxylic acids is 1. The Bertz CT molecular complexity index is 1240. The molecular weight excluding hydrogens is 528 g/mol. The molecular formula is C23H31FN3O8PS. The Kier molecular flexibility index (Phi) is 9.43. The van der Waals surface area contributed by atoms with Gasteiger partial charge in [0.05, 0.1) is 18.8 Å². The number of aliphatic hydroxyl groups is 1. The smallest absolute Gasteiger partial charge is 0.459 e. The third-order valence-corrected chi connectivity index (χ3v) is 7.35. The second-order valence-corrected chi connectivity index (χ2v) is 11.2. The number of H-pyrrole nitrogens is 1. The number of nitrogens with one attached hydrogen (secondary N) is 2. The lowest BCUT2D eigenvalue weighted by atomic mass is 9.92. The SMILES string of the molecule is CC(C)OC(=O)[C@H](C)NP(=O)(OC[C@H]1O[C@@H](n2ccc(=O)[nH]c2=S)C(C)(F)CC1O)Oc1ccccc1. The summed E-state index contributed by atoms with van der Waals surface area (Å²) < 4.78 is 52.3. The summed E-state index contributed by atoms with van der Waals surface area (Å²) in [5.41, 5.74) is -2.53. The van der Waals surface area contributed by atoms with Gasteiger partial charge >= 0.3 is 13.7 Å². The summed E-state index contributed by atoms with van der Waals surface area (Å²) in [6, 6.07) is 8.23. The lowest BCUT2D eigenvalue weighted by Gasteiger charge is -2.42. The predicted octanol–water partition coefficient (Wildman–Crippen LogP) is 3.42. The molecule has 0 saturated carbocycles. The number of aromatic amines is 1. The third-order valence-electron chi connectivity index (χ3n) is 5.39. The lowest BCUT2D eigenvalue weighted by molar-refractivity contribution is -0.220. The second kappa shape index (κ2) is 12.0. The van der Waals surface area contributed by atoms with E-state index in [9.17, 15) is 19.3 Å². The van der Waals surface area contributed by atoms with Gasteiger partial charge in [-0.05, 0) is 52.0 Å². The zero-order chi connectivity index (χ0) is 27.4. The summed E-state index contributed by atoms with van der Waals surface area (Å²) in [6.07, 6.45) is -3.29. The van der Waals surface area contributed by atoms with Crippen LogP contribution in [0.5, 0.6) is 5.75 Å². The zero-order valence-corrected chi connectivity index (χ0v) is 22.5. The number of carbonyl (C=O) groups is 1. The van der Waals surface area contributed by atoms with Crippen LogP contribution in [0.2, 0.25) is 0 Å². The van der Waals surface area contributed by atoms with E-state index < -0.39 is 62.1 Å². The minimum atomic E-state index is -4.24. The van der Waals surface area contributed by atoms with Crippen LogP contribution in [0.4, 0.5) is 4.39 Å². The molecule has 2 aromatic rings. The Morgan fingerprint density at radius 3 is 2.65 bits per heavy atom. The molecule has 0 aliphatic carbocycles. The van der Waals surface area contributed by atoms with Crippen LogP contribution in [-0.4, -0.2) is 57.3 Å². The molecule has 0 bridgehead atoms. The highest BCUT2D eigenvalue weighted by Gasteiger charge is 2.48. The van der Waals surface area contributed by atoms with Gasteiger partial charge in [-0.1, -0.05) is 18.2 Å². The van der Waals surface area contributed by atoms with Crippen molar-refractivity contribution < 1.29 is 37.4 Å². The van der Waals surface area contributed by atoms with E-state index in [4.69, 9.17) is 30.7 Å². The van der Waals surface area contributed by atoms with Crippen LogP contribution in [0.25, 0.3) is 0 Å². The number of para-hydroxylation sites is 1. The number of aliphatic hydroxyl groups excluding tert-OH is 1. The van der Waals surface area contributed by atoms with E-state index in [1.165, 1.54) is 24.6 Å². The van der Waals surface area contributed by atoms with Crippen molar-refractivity contribution in [3.05, 3.63) is 57.7 Å². The minimum Gasteiger partial charge on any atom is -0.462 e. The number of benzene rings is 1. The summed E-state index contributed by atoms with van der Waals surface area (Å²) in [5.74, 6) is -0.480. The van der Waals surface area contributed by atoms with Gasteiger partial charge in [0.2, 0.25) is 0 Å². The number of halogens is 1. The molecule has 14 heteroatoms. The second-order valence-electron chi connectivity index (χ2n) is 9.13. The highest BCUT2D eigenvalue weighted by molar-refractivity contribution is 7.71. The van der Waals surface area contributed by atoms with Crippen molar-refractivity contribution in [2.24, 2.45) is 0 Å². The van der Waals surface area contributed by atoms with Crippen molar-refractivity contribution in [3.63, 3.8) is 0 Å². The summed E-state index contributed by atoms with van der Waals surface area (Å²) in [5, 5.41) is 13.1. The van der Waals surface area contributed by atoms with Crippen LogP contribution in [0, 0.1) is 4.77 Å². The van der Waals surface area contributed by atoms with Crippen molar-refractivity contribution in [2.75, 3.05) is 6.61 Å². The number of rotatable bonds is 10. The van der Waals surface area contributed by atoms with Crippen molar-refractivity contribution in [2.45, 2.75) is 70.4 Å². The number of nitrogens with zero attached hydrogens (tertiary/aromatic N) is 1. The van der Waals surface area contributed by atoms with Gasteiger partial charge in [-0.3, -0.25) is 23.7 Å². The molecule has 2 heterocycles. The average molecular weight is 560 g/mol. The van der Waals surface area contributed by atoms with Gasteiger partial charge in [-0.15, -0.1) is 0 Å². The van der Waals surface area contributed by atoms with Crippen LogP contribution in [0.15, 0.2) is 47.4 Å². The molecule has 0 radical (unpaired) electrons. The largest absolute Gasteiger partial charge is 0.462 e. The van der Waals surface area contributed by atoms with Gasteiger partial charge in [0.1, 0.15) is 17.9 Å². The first-order valence-electron chi connectivity index (χ1n) is 11.6. The van der Waals surface area contributed by atoms with Crippen molar-refractivity contribution in [1.29, 1.82) is 0 Å². The average Bonchev–Trinajstić information content (AvgIpc) is 2.79. The highest BCUT2D eigenvalue weighted by Crippen LogP contribution is 2.46. The van der Waals surface area contributed by atoms with Crippen LogP contribution < -0.4 is 15.2 Å². The van der Waals surface area contributed by atoms with Crippen LogP contribution in [0.1, 0.15) is 40.3 Å². The fourth-order valence-corrected chi connectivity index (χ4v) is 5.42. The molecule has 6 atom stereocenters. The van der Waals surface area contributed by atoms with Gasteiger partial charge in [0.25, 0.3) is 5.56 Å². The van der Waals surface area contributed by atoms with Gasteiger partial charge < -0.3 is 19.1 Å². The van der Waals surface area contributed by atoms with Crippen LogP contribution >= 0.6 is 20.0 Å². The van der Waals surface area contributed by atoms with E-state index in [2.05, 4.69) is 10.1 Å². The maximum Gasteiger partial charge on any atom is 0.459 e. The Hall–Kier alpha value is -2.41. The normalized spacial score (nSPS) is 26.3. The fraction of sp³-hybridized carbons (Fsp3) is 0.522. The summed E-state index contributed by atoms with van der Waals surface area (Å²) in [4.78, 5) is 26.2. The molecule has 37 heavy (non-hydrogen) atoms. The molecule has 0 spiro atoms. The molecule has 3 N–H and O–H groups in total. The number of ether oxygens (including phenoxy) is 2.